The highest BCUT2D eigenvalue weighted by molar-refractivity contribution is 5.79. The zero-order chi connectivity index (χ0) is 13.8. The van der Waals surface area contributed by atoms with Crippen LogP contribution in [0.5, 0.6) is 0 Å². The highest BCUT2D eigenvalue weighted by Crippen LogP contribution is 2.17. The second-order valence-corrected chi connectivity index (χ2v) is 5.36. The summed E-state index contributed by atoms with van der Waals surface area (Å²) in [4.78, 5) is 13.9. The van der Waals surface area contributed by atoms with Gasteiger partial charge in [-0.1, -0.05) is 6.92 Å². The monoisotopic (exact) mass is 258 g/mol. The number of nitrogens with two attached hydrogens (primary N) is 1. The van der Waals surface area contributed by atoms with E-state index < -0.39 is 5.54 Å². The van der Waals surface area contributed by atoms with Crippen molar-refractivity contribution in [3.8, 4) is 0 Å². The Morgan fingerprint density at radius 1 is 1.61 bits per heavy atom. The van der Waals surface area contributed by atoms with Gasteiger partial charge in [0.15, 0.2) is 0 Å². The molecule has 1 aliphatic heterocycles. The minimum atomic E-state index is -0.908. The van der Waals surface area contributed by atoms with Gasteiger partial charge in [0.1, 0.15) is 5.54 Å². The molecule has 0 radical (unpaired) electrons. The summed E-state index contributed by atoms with van der Waals surface area (Å²) in [6, 6.07) is 0.426. The van der Waals surface area contributed by atoms with Crippen molar-refractivity contribution in [1.29, 1.82) is 0 Å². The van der Waals surface area contributed by atoms with Gasteiger partial charge in [-0.15, -0.1) is 0 Å². The number of methoxy groups -OCH3 is 1. The van der Waals surface area contributed by atoms with E-state index in [9.17, 15) is 4.79 Å². The van der Waals surface area contributed by atoms with E-state index in [2.05, 4.69) is 18.7 Å². The van der Waals surface area contributed by atoms with E-state index in [-0.39, 0.29) is 12.1 Å². The van der Waals surface area contributed by atoms with Gasteiger partial charge >= 0.3 is 5.97 Å². The van der Waals surface area contributed by atoms with Gasteiger partial charge in [-0.05, 0) is 26.7 Å². The Bertz CT molecular complexity index is 281. The van der Waals surface area contributed by atoms with Gasteiger partial charge in [-0.3, -0.25) is 9.69 Å². The van der Waals surface area contributed by atoms with E-state index in [1.54, 1.807) is 6.92 Å². The summed E-state index contributed by atoms with van der Waals surface area (Å²) in [6.45, 7) is 8.41. The third kappa shape index (κ3) is 3.93. The lowest BCUT2D eigenvalue weighted by molar-refractivity contribution is -0.147. The molecule has 5 heteroatoms. The molecule has 3 unspecified atom stereocenters. The maximum Gasteiger partial charge on any atom is 0.325 e. The molecule has 1 heterocycles. The van der Waals surface area contributed by atoms with Crippen LogP contribution < -0.4 is 5.73 Å². The third-order valence-corrected chi connectivity index (χ3v) is 3.62. The first-order valence-electron chi connectivity index (χ1n) is 6.63. The van der Waals surface area contributed by atoms with Crippen LogP contribution in [0, 0.1) is 0 Å². The number of nitrogens with zero attached hydrogens (tertiary/aromatic N) is 1. The molecule has 1 aliphatic rings. The Balaban J connectivity index is 2.52. The van der Waals surface area contributed by atoms with Crippen molar-refractivity contribution in [2.45, 2.75) is 51.3 Å². The van der Waals surface area contributed by atoms with E-state index in [1.165, 1.54) is 7.11 Å². The Morgan fingerprint density at radius 2 is 2.28 bits per heavy atom. The molecule has 0 saturated carbocycles. The average molecular weight is 258 g/mol. The summed E-state index contributed by atoms with van der Waals surface area (Å²) in [5.74, 6) is -0.350. The standard InChI is InChI=1S/C13H26N2O3/c1-5-11-9-18-10(2)8-15(11)7-6-13(3,14)12(16)17-4/h10-11H,5-9,14H2,1-4H3. The highest BCUT2D eigenvalue weighted by Gasteiger charge is 2.32. The van der Waals surface area contributed by atoms with E-state index in [0.29, 0.717) is 12.5 Å². The molecule has 1 rings (SSSR count). The lowest BCUT2D eigenvalue weighted by atomic mass is 9.98. The predicted octanol–water partition coefficient (Wildman–Crippen LogP) is 0.766. The summed E-state index contributed by atoms with van der Waals surface area (Å²) >= 11 is 0. The van der Waals surface area contributed by atoms with Crippen LogP contribution in [-0.4, -0.2) is 55.4 Å². The zero-order valence-corrected chi connectivity index (χ0v) is 11.9. The molecule has 1 saturated heterocycles. The first kappa shape index (κ1) is 15.4. The minimum absolute atomic E-state index is 0.245. The Morgan fingerprint density at radius 3 is 2.83 bits per heavy atom. The topological polar surface area (TPSA) is 64.8 Å². The fraction of sp³-hybridized carbons (Fsp3) is 0.923. The maximum absolute atomic E-state index is 11.5. The van der Waals surface area contributed by atoms with Crippen molar-refractivity contribution < 1.29 is 14.3 Å². The van der Waals surface area contributed by atoms with Crippen LogP contribution >= 0.6 is 0 Å². The van der Waals surface area contributed by atoms with Gasteiger partial charge in [0.05, 0.1) is 19.8 Å². The van der Waals surface area contributed by atoms with Crippen molar-refractivity contribution in [3.05, 3.63) is 0 Å². The fourth-order valence-electron chi connectivity index (χ4n) is 2.27. The van der Waals surface area contributed by atoms with E-state index in [1.807, 2.05) is 0 Å². The van der Waals surface area contributed by atoms with Crippen molar-refractivity contribution in [1.82, 2.24) is 4.90 Å². The van der Waals surface area contributed by atoms with Crippen molar-refractivity contribution in [2.24, 2.45) is 5.73 Å². The Hall–Kier alpha value is -0.650. The van der Waals surface area contributed by atoms with E-state index in [0.717, 1.165) is 26.1 Å². The molecule has 0 aliphatic carbocycles. The average Bonchev–Trinajstić information content (AvgIpc) is 2.35. The van der Waals surface area contributed by atoms with Gasteiger partial charge in [0.2, 0.25) is 0 Å². The molecule has 0 amide bonds. The molecule has 5 nitrogen and oxygen atoms in total. The summed E-state index contributed by atoms with van der Waals surface area (Å²) in [7, 11) is 1.37. The number of hydrogen-bond donors (Lipinski definition) is 1. The summed E-state index contributed by atoms with van der Waals surface area (Å²) < 4.78 is 10.4. The van der Waals surface area contributed by atoms with Crippen LogP contribution in [0.1, 0.15) is 33.6 Å². The van der Waals surface area contributed by atoms with Crippen molar-refractivity contribution >= 4 is 5.97 Å². The first-order valence-corrected chi connectivity index (χ1v) is 6.63. The van der Waals surface area contributed by atoms with Crippen LogP contribution in [0.3, 0.4) is 0 Å². The molecule has 18 heavy (non-hydrogen) atoms. The fourth-order valence-corrected chi connectivity index (χ4v) is 2.27. The SMILES string of the molecule is CCC1COC(C)CN1CCC(C)(N)C(=O)OC. The largest absolute Gasteiger partial charge is 0.468 e. The summed E-state index contributed by atoms with van der Waals surface area (Å²) in [5.41, 5.74) is 5.07. The van der Waals surface area contributed by atoms with Crippen LogP contribution in [0.2, 0.25) is 0 Å². The molecule has 0 spiro atoms. The number of carbonyl (C=O) groups is 1. The molecular weight excluding hydrogens is 232 g/mol. The van der Waals surface area contributed by atoms with Crippen LogP contribution in [-0.2, 0) is 14.3 Å². The van der Waals surface area contributed by atoms with Crippen molar-refractivity contribution in [3.63, 3.8) is 0 Å². The second kappa shape index (κ2) is 6.50. The third-order valence-electron chi connectivity index (χ3n) is 3.62. The molecule has 1 fully saturated rings. The smallest absolute Gasteiger partial charge is 0.325 e. The lowest BCUT2D eigenvalue weighted by Gasteiger charge is -2.39. The summed E-state index contributed by atoms with van der Waals surface area (Å²) in [6.07, 6.45) is 1.89. The number of hydrogen-bond acceptors (Lipinski definition) is 5. The Labute approximate surface area is 110 Å². The van der Waals surface area contributed by atoms with Crippen LogP contribution in [0.25, 0.3) is 0 Å². The second-order valence-electron chi connectivity index (χ2n) is 5.36. The number of esters is 1. The molecule has 0 bridgehead atoms. The van der Waals surface area contributed by atoms with E-state index >= 15 is 0 Å². The van der Waals surface area contributed by atoms with Crippen LogP contribution in [0.15, 0.2) is 0 Å². The number of rotatable bonds is 5. The van der Waals surface area contributed by atoms with Gasteiger partial charge in [-0.2, -0.15) is 0 Å². The molecule has 0 aromatic carbocycles. The van der Waals surface area contributed by atoms with Crippen molar-refractivity contribution in [2.75, 3.05) is 26.8 Å². The molecule has 3 atom stereocenters. The highest BCUT2D eigenvalue weighted by atomic mass is 16.5. The van der Waals surface area contributed by atoms with Gasteiger partial charge < -0.3 is 15.2 Å². The Kier molecular flexibility index (Phi) is 5.56. The van der Waals surface area contributed by atoms with E-state index in [4.69, 9.17) is 15.2 Å². The minimum Gasteiger partial charge on any atom is -0.468 e. The zero-order valence-electron chi connectivity index (χ0n) is 11.9. The van der Waals surface area contributed by atoms with Gasteiger partial charge in [0.25, 0.3) is 0 Å². The van der Waals surface area contributed by atoms with Crippen LogP contribution in [0.4, 0.5) is 0 Å². The quantitative estimate of drug-likeness (QED) is 0.738. The van der Waals surface area contributed by atoms with Gasteiger partial charge in [-0.25, -0.2) is 0 Å². The predicted molar refractivity (Wildman–Crippen MR) is 70.3 cm³/mol. The van der Waals surface area contributed by atoms with Gasteiger partial charge in [0, 0.05) is 19.1 Å². The maximum atomic E-state index is 11.5. The summed E-state index contributed by atoms with van der Waals surface area (Å²) in [5, 5.41) is 0. The number of ether oxygens (including phenoxy) is 2. The first-order chi connectivity index (χ1) is 8.40. The lowest BCUT2D eigenvalue weighted by Crippen LogP contribution is -2.53. The number of carbonyl (C=O) groups excluding carboxylic acids is 1. The molecule has 0 aromatic heterocycles. The molecule has 2 N–H and O–H groups in total. The number of morpholine rings is 1. The molecule has 0 aromatic rings. The molecular formula is C13H26N2O3. The molecule has 106 valence electrons. The normalized spacial score (nSPS) is 28.7.